The Morgan fingerprint density at radius 3 is 2.64 bits per heavy atom. The highest BCUT2D eigenvalue weighted by Crippen LogP contribution is 2.17. The Balaban J connectivity index is 1.61. The second kappa shape index (κ2) is 6.48. The van der Waals surface area contributed by atoms with Crippen molar-refractivity contribution in [3.63, 3.8) is 0 Å². The van der Waals surface area contributed by atoms with Crippen LogP contribution in [0.1, 0.15) is 29.3 Å². The van der Waals surface area contributed by atoms with Gasteiger partial charge >= 0.3 is 0 Å². The highest BCUT2D eigenvalue weighted by atomic mass is 16.1. The van der Waals surface area contributed by atoms with E-state index in [-0.39, 0.29) is 11.9 Å². The molecule has 0 spiro atoms. The molecule has 0 aliphatic heterocycles. The van der Waals surface area contributed by atoms with Gasteiger partial charge in [0.05, 0.1) is 5.56 Å². The van der Waals surface area contributed by atoms with E-state index in [9.17, 15) is 4.79 Å². The Kier molecular flexibility index (Phi) is 4.24. The van der Waals surface area contributed by atoms with Crippen LogP contribution in [0.4, 0.5) is 0 Å². The summed E-state index contributed by atoms with van der Waals surface area (Å²) in [6, 6.07) is 18.3. The maximum atomic E-state index is 12.4. The number of para-hydroxylation sites is 1. The van der Waals surface area contributed by atoms with Crippen molar-refractivity contribution in [2.75, 3.05) is 0 Å². The average molecular weight is 292 g/mol. The predicted molar refractivity (Wildman–Crippen MR) is 90.0 cm³/mol. The first kappa shape index (κ1) is 14.4. The van der Waals surface area contributed by atoms with Crippen molar-refractivity contribution in [3.05, 3.63) is 71.9 Å². The van der Waals surface area contributed by atoms with Crippen molar-refractivity contribution in [3.8, 4) is 0 Å². The first-order chi connectivity index (χ1) is 10.7. The minimum atomic E-state index is -0.0157. The Bertz CT molecular complexity index is 761. The maximum Gasteiger partial charge on any atom is 0.253 e. The normalized spacial score (nSPS) is 12.2. The lowest BCUT2D eigenvalue weighted by atomic mass is 10.1. The largest absolute Gasteiger partial charge is 0.360 e. The quantitative estimate of drug-likeness (QED) is 0.735. The number of aromatic nitrogens is 1. The van der Waals surface area contributed by atoms with E-state index in [4.69, 9.17) is 0 Å². The summed E-state index contributed by atoms with van der Waals surface area (Å²) in [6.07, 6.45) is 3.68. The highest BCUT2D eigenvalue weighted by Gasteiger charge is 2.13. The van der Waals surface area contributed by atoms with Gasteiger partial charge < -0.3 is 10.3 Å². The SMILES string of the molecule is C[C@H](CCc1ccccc1)NC(=O)c1c[nH]c2ccccc12. The van der Waals surface area contributed by atoms with Gasteiger partial charge in [-0.05, 0) is 31.4 Å². The molecule has 0 aliphatic rings. The summed E-state index contributed by atoms with van der Waals surface area (Å²) in [6.45, 7) is 2.05. The molecule has 1 aromatic heterocycles. The summed E-state index contributed by atoms with van der Waals surface area (Å²) in [5, 5.41) is 4.05. The number of rotatable bonds is 5. The number of carbonyl (C=O) groups excluding carboxylic acids is 1. The van der Waals surface area contributed by atoms with E-state index in [1.54, 1.807) is 6.20 Å². The van der Waals surface area contributed by atoms with E-state index < -0.39 is 0 Å². The summed E-state index contributed by atoms with van der Waals surface area (Å²) in [5.74, 6) is -0.0157. The van der Waals surface area contributed by atoms with Gasteiger partial charge in [-0.15, -0.1) is 0 Å². The summed E-state index contributed by atoms with van der Waals surface area (Å²) >= 11 is 0. The van der Waals surface area contributed by atoms with E-state index in [2.05, 4.69) is 29.4 Å². The fourth-order valence-electron chi connectivity index (χ4n) is 2.66. The molecular weight excluding hydrogens is 272 g/mol. The number of hydrogen-bond donors (Lipinski definition) is 2. The summed E-state index contributed by atoms with van der Waals surface area (Å²) in [4.78, 5) is 15.5. The molecule has 2 N–H and O–H groups in total. The lowest BCUT2D eigenvalue weighted by Crippen LogP contribution is -2.32. The molecule has 3 nitrogen and oxygen atoms in total. The number of hydrogen-bond acceptors (Lipinski definition) is 1. The molecule has 0 fully saturated rings. The first-order valence-corrected chi connectivity index (χ1v) is 7.65. The van der Waals surface area contributed by atoms with Crippen LogP contribution in [0.5, 0.6) is 0 Å². The second-order valence-electron chi connectivity index (χ2n) is 5.65. The number of aryl methyl sites for hydroxylation is 1. The molecule has 0 saturated heterocycles. The van der Waals surface area contributed by atoms with Crippen molar-refractivity contribution in [2.24, 2.45) is 0 Å². The Morgan fingerprint density at radius 2 is 1.82 bits per heavy atom. The van der Waals surface area contributed by atoms with Crippen LogP contribution in [0.15, 0.2) is 60.8 Å². The molecule has 0 unspecified atom stereocenters. The molecular formula is C19H20N2O. The van der Waals surface area contributed by atoms with E-state index in [0.29, 0.717) is 5.56 Å². The first-order valence-electron chi connectivity index (χ1n) is 7.65. The van der Waals surface area contributed by atoms with Crippen LogP contribution in [0.25, 0.3) is 10.9 Å². The number of H-pyrrole nitrogens is 1. The van der Waals surface area contributed by atoms with Gasteiger partial charge in [-0.1, -0.05) is 48.5 Å². The van der Waals surface area contributed by atoms with Crippen molar-refractivity contribution >= 4 is 16.8 Å². The molecule has 0 bridgehead atoms. The van der Waals surface area contributed by atoms with Crippen LogP contribution < -0.4 is 5.32 Å². The van der Waals surface area contributed by atoms with Gasteiger partial charge in [0.2, 0.25) is 0 Å². The Morgan fingerprint density at radius 1 is 1.09 bits per heavy atom. The molecule has 1 amide bonds. The van der Waals surface area contributed by atoms with Crippen molar-refractivity contribution in [1.82, 2.24) is 10.3 Å². The smallest absolute Gasteiger partial charge is 0.253 e. The van der Waals surface area contributed by atoms with E-state index >= 15 is 0 Å². The van der Waals surface area contributed by atoms with Gasteiger partial charge in [0.15, 0.2) is 0 Å². The van der Waals surface area contributed by atoms with Crippen molar-refractivity contribution in [1.29, 1.82) is 0 Å². The number of fused-ring (bicyclic) bond motifs is 1. The van der Waals surface area contributed by atoms with Gasteiger partial charge in [-0.3, -0.25) is 4.79 Å². The zero-order valence-corrected chi connectivity index (χ0v) is 12.7. The van der Waals surface area contributed by atoms with Crippen LogP contribution in [0.3, 0.4) is 0 Å². The van der Waals surface area contributed by atoms with Crippen molar-refractivity contribution < 1.29 is 4.79 Å². The average Bonchev–Trinajstić information content (AvgIpc) is 2.98. The van der Waals surface area contributed by atoms with E-state index in [1.165, 1.54) is 5.56 Å². The van der Waals surface area contributed by atoms with Crippen LogP contribution in [0, 0.1) is 0 Å². The number of benzene rings is 2. The van der Waals surface area contributed by atoms with Gasteiger partial charge in [0.25, 0.3) is 5.91 Å². The molecule has 22 heavy (non-hydrogen) atoms. The summed E-state index contributed by atoms with van der Waals surface area (Å²) in [7, 11) is 0. The third-order valence-electron chi connectivity index (χ3n) is 3.92. The minimum absolute atomic E-state index is 0.0157. The monoisotopic (exact) mass is 292 g/mol. The molecule has 0 aliphatic carbocycles. The van der Waals surface area contributed by atoms with Crippen LogP contribution >= 0.6 is 0 Å². The maximum absolute atomic E-state index is 12.4. The number of aromatic amines is 1. The van der Waals surface area contributed by atoms with Crippen LogP contribution in [0.2, 0.25) is 0 Å². The topological polar surface area (TPSA) is 44.9 Å². The molecule has 1 heterocycles. The number of nitrogens with one attached hydrogen (secondary N) is 2. The molecule has 1 atom stereocenters. The molecule has 2 aromatic carbocycles. The molecule has 112 valence electrons. The van der Waals surface area contributed by atoms with Crippen LogP contribution in [-0.4, -0.2) is 16.9 Å². The Labute approximate surface area is 130 Å². The molecule has 0 radical (unpaired) electrons. The minimum Gasteiger partial charge on any atom is -0.360 e. The van der Waals surface area contributed by atoms with Gasteiger partial charge in [-0.2, -0.15) is 0 Å². The molecule has 3 heteroatoms. The molecule has 3 aromatic rings. The van der Waals surface area contributed by atoms with E-state index in [0.717, 1.165) is 23.7 Å². The standard InChI is InChI=1S/C19H20N2O/c1-14(11-12-15-7-3-2-4-8-15)21-19(22)17-13-20-18-10-6-5-9-16(17)18/h2-10,13-14,20H,11-12H2,1H3,(H,21,22)/t14-/m1/s1. The Hall–Kier alpha value is -2.55. The summed E-state index contributed by atoms with van der Waals surface area (Å²) < 4.78 is 0. The lowest BCUT2D eigenvalue weighted by Gasteiger charge is -2.13. The zero-order chi connectivity index (χ0) is 15.4. The zero-order valence-electron chi connectivity index (χ0n) is 12.7. The van der Waals surface area contributed by atoms with E-state index in [1.807, 2.05) is 42.5 Å². The third-order valence-corrected chi connectivity index (χ3v) is 3.92. The van der Waals surface area contributed by atoms with Gasteiger partial charge in [-0.25, -0.2) is 0 Å². The van der Waals surface area contributed by atoms with Gasteiger partial charge in [0, 0.05) is 23.1 Å². The number of carbonyl (C=O) groups is 1. The van der Waals surface area contributed by atoms with Gasteiger partial charge in [0.1, 0.15) is 0 Å². The van der Waals surface area contributed by atoms with Crippen LogP contribution in [-0.2, 0) is 6.42 Å². The highest BCUT2D eigenvalue weighted by molar-refractivity contribution is 6.06. The molecule has 3 rings (SSSR count). The fourth-order valence-corrected chi connectivity index (χ4v) is 2.66. The number of amides is 1. The molecule has 0 saturated carbocycles. The second-order valence-corrected chi connectivity index (χ2v) is 5.65. The summed E-state index contributed by atoms with van der Waals surface area (Å²) in [5.41, 5.74) is 3.00. The lowest BCUT2D eigenvalue weighted by molar-refractivity contribution is 0.0940. The third kappa shape index (κ3) is 3.19. The fraction of sp³-hybridized carbons (Fsp3) is 0.211. The predicted octanol–water partition coefficient (Wildman–Crippen LogP) is 3.92. The van der Waals surface area contributed by atoms with Crippen molar-refractivity contribution in [2.45, 2.75) is 25.8 Å².